The Morgan fingerprint density at radius 1 is 1.20 bits per heavy atom. The fourth-order valence-electron chi connectivity index (χ4n) is 2.11. The van der Waals surface area contributed by atoms with Crippen molar-refractivity contribution in [2.45, 2.75) is 39.2 Å². The van der Waals surface area contributed by atoms with Gasteiger partial charge in [0.1, 0.15) is 0 Å². The lowest BCUT2D eigenvalue weighted by molar-refractivity contribution is -0.158. The van der Waals surface area contributed by atoms with Crippen molar-refractivity contribution in [2.24, 2.45) is 5.92 Å². The number of hydrogen-bond donors (Lipinski definition) is 0. The number of aromatic nitrogens is 2. The molecule has 0 aliphatic carbocycles. The Bertz CT molecular complexity index is 436. The first-order chi connectivity index (χ1) is 9.57. The molecule has 112 valence electrons. The van der Waals surface area contributed by atoms with Crippen molar-refractivity contribution in [3.8, 4) is 0 Å². The molecular weight excluding hydrogens is 260 g/mol. The molecule has 0 unspecified atom stereocenters. The minimum atomic E-state index is -0.963. The van der Waals surface area contributed by atoms with E-state index in [9.17, 15) is 9.59 Å². The molecule has 1 aromatic heterocycles. The number of carbonyl (C=O) groups excluding carboxylic acids is 2. The van der Waals surface area contributed by atoms with Crippen molar-refractivity contribution in [3.63, 3.8) is 0 Å². The lowest BCUT2D eigenvalue weighted by atomic mass is 10.0. The van der Waals surface area contributed by atoms with E-state index in [-0.39, 0.29) is 6.42 Å². The van der Waals surface area contributed by atoms with Crippen LogP contribution in [-0.2, 0) is 25.5 Å². The van der Waals surface area contributed by atoms with E-state index in [1.54, 1.807) is 0 Å². The van der Waals surface area contributed by atoms with Crippen LogP contribution in [0.3, 0.4) is 0 Å². The summed E-state index contributed by atoms with van der Waals surface area (Å²) in [5, 5.41) is 4.43. The fourth-order valence-corrected chi connectivity index (χ4v) is 2.11. The van der Waals surface area contributed by atoms with Gasteiger partial charge in [-0.05, 0) is 18.9 Å². The molecule has 0 saturated heterocycles. The maximum Gasteiger partial charge on any atom is 0.320 e. The van der Waals surface area contributed by atoms with Gasteiger partial charge in [-0.15, -0.1) is 0 Å². The standard InChI is InChI=1S/C14H22N2O4/c1-5-11(6-2)16-8-7-10(15-16)9-12(13(17)19-3)14(18)20-4/h7-8,11-12H,5-6,9H2,1-4H3. The van der Waals surface area contributed by atoms with Crippen LogP contribution in [0, 0.1) is 5.92 Å². The summed E-state index contributed by atoms with van der Waals surface area (Å²) in [6.45, 7) is 4.20. The van der Waals surface area contributed by atoms with E-state index >= 15 is 0 Å². The number of carbonyl (C=O) groups is 2. The second kappa shape index (κ2) is 7.67. The molecule has 0 fully saturated rings. The second-order valence-corrected chi connectivity index (χ2v) is 4.56. The monoisotopic (exact) mass is 282 g/mol. The molecular formula is C14H22N2O4. The van der Waals surface area contributed by atoms with Crippen molar-refractivity contribution in [3.05, 3.63) is 18.0 Å². The molecule has 6 nitrogen and oxygen atoms in total. The van der Waals surface area contributed by atoms with Crippen LogP contribution in [0.15, 0.2) is 12.3 Å². The third-order valence-electron chi connectivity index (χ3n) is 3.36. The first kappa shape index (κ1) is 16.2. The number of nitrogens with zero attached hydrogens (tertiary/aromatic N) is 2. The van der Waals surface area contributed by atoms with Crippen LogP contribution in [0.5, 0.6) is 0 Å². The van der Waals surface area contributed by atoms with E-state index < -0.39 is 17.9 Å². The van der Waals surface area contributed by atoms with Gasteiger partial charge in [0.15, 0.2) is 5.92 Å². The summed E-state index contributed by atoms with van der Waals surface area (Å²) in [5.41, 5.74) is 0.678. The summed E-state index contributed by atoms with van der Waals surface area (Å²) in [5.74, 6) is -2.17. The minimum absolute atomic E-state index is 0.187. The van der Waals surface area contributed by atoms with Gasteiger partial charge in [-0.3, -0.25) is 14.3 Å². The van der Waals surface area contributed by atoms with E-state index in [2.05, 4.69) is 28.4 Å². The molecule has 0 amide bonds. The predicted octanol–water partition coefficient (Wildman–Crippen LogP) is 1.75. The Hall–Kier alpha value is -1.85. The molecule has 0 saturated carbocycles. The first-order valence-electron chi connectivity index (χ1n) is 6.76. The van der Waals surface area contributed by atoms with Crippen LogP contribution in [0.25, 0.3) is 0 Å². The number of hydrogen-bond acceptors (Lipinski definition) is 5. The first-order valence-corrected chi connectivity index (χ1v) is 6.76. The number of rotatable bonds is 7. The van der Waals surface area contributed by atoms with Crippen molar-refractivity contribution in [1.82, 2.24) is 9.78 Å². The third kappa shape index (κ3) is 3.82. The van der Waals surface area contributed by atoms with Gasteiger partial charge in [0.25, 0.3) is 0 Å². The van der Waals surface area contributed by atoms with E-state index in [4.69, 9.17) is 0 Å². The van der Waals surface area contributed by atoms with Crippen LogP contribution < -0.4 is 0 Å². The van der Waals surface area contributed by atoms with Crippen LogP contribution in [0.2, 0.25) is 0 Å². The molecule has 1 rings (SSSR count). The van der Waals surface area contributed by atoms with Crippen LogP contribution in [0.4, 0.5) is 0 Å². The van der Waals surface area contributed by atoms with Crippen LogP contribution in [0.1, 0.15) is 38.4 Å². The zero-order valence-electron chi connectivity index (χ0n) is 12.5. The molecule has 6 heteroatoms. The van der Waals surface area contributed by atoms with Gasteiger partial charge in [-0.2, -0.15) is 5.10 Å². The summed E-state index contributed by atoms with van der Waals surface area (Å²) < 4.78 is 11.1. The molecule has 0 aliphatic heterocycles. The predicted molar refractivity (Wildman–Crippen MR) is 73.1 cm³/mol. The average molecular weight is 282 g/mol. The maximum absolute atomic E-state index is 11.6. The van der Waals surface area contributed by atoms with Crippen LogP contribution in [-0.4, -0.2) is 35.9 Å². The zero-order chi connectivity index (χ0) is 15.1. The smallest absolute Gasteiger partial charge is 0.320 e. The van der Waals surface area contributed by atoms with E-state index in [1.165, 1.54) is 14.2 Å². The van der Waals surface area contributed by atoms with Gasteiger partial charge in [0, 0.05) is 12.6 Å². The molecule has 1 heterocycles. The Morgan fingerprint density at radius 3 is 2.20 bits per heavy atom. The molecule has 1 aromatic rings. The Balaban J connectivity index is 2.84. The largest absolute Gasteiger partial charge is 0.468 e. The third-order valence-corrected chi connectivity index (χ3v) is 3.36. The fraction of sp³-hybridized carbons (Fsp3) is 0.643. The molecule has 20 heavy (non-hydrogen) atoms. The summed E-state index contributed by atoms with van der Waals surface area (Å²) in [4.78, 5) is 23.2. The number of ether oxygens (including phenoxy) is 2. The summed E-state index contributed by atoms with van der Waals surface area (Å²) in [7, 11) is 2.50. The number of methoxy groups -OCH3 is 2. The Morgan fingerprint density at radius 2 is 1.75 bits per heavy atom. The molecule has 0 radical (unpaired) electrons. The van der Waals surface area contributed by atoms with Crippen LogP contribution >= 0.6 is 0 Å². The van der Waals surface area contributed by atoms with Gasteiger partial charge in [0.2, 0.25) is 0 Å². The van der Waals surface area contributed by atoms with Crippen molar-refractivity contribution < 1.29 is 19.1 Å². The molecule has 0 atom stereocenters. The maximum atomic E-state index is 11.6. The van der Waals surface area contributed by atoms with Crippen molar-refractivity contribution in [2.75, 3.05) is 14.2 Å². The average Bonchev–Trinajstić information content (AvgIpc) is 2.93. The van der Waals surface area contributed by atoms with Gasteiger partial charge < -0.3 is 9.47 Å². The SMILES string of the molecule is CCC(CC)n1ccc(CC(C(=O)OC)C(=O)OC)n1. The lowest BCUT2D eigenvalue weighted by Crippen LogP contribution is -2.28. The number of esters is 2. The van der Waals surface area contributed by atoms with Crippen molar-refractivity contribution >= 4 is 11.9 Å². The summed E-state index contributed by atoms with van der Waals surface area (Å²) in [6.07, 6.45) is 4.02. The van der Waals surface area contributed by atoms with Gasteiger partial charge >= 0.3 is 11.9 Å². The van der Waals surface area contributed by atoms with E-state index in [0.717, 1.165) is 12.8 Å². The van der Waals surface area contributed by atoms with Gasteiger partial charge in [-0.1, -0.05) is 13.8 Å². The van der Waals surface area contributed by atoms with Gasteiger partial charge in [-0.25, -0.2) is 0 Å². The van der Waals surface area contributed by atoms with E-state index in [1.807, 2.05) is 16.9 Å². The summed E-state index contributed by atoms with van der Waals surface area (Å²) >= 11 is 0. The highest BCUT2D eigenvalue weighted by Crippen LogP contribution is 2.16. The Labute approximate surface area is 119 Å². The quantitative estimate of drug-likeness (QED) is 0.563. The highest BCUT2D eigenvalue weighted by molar-refractivity contribution is 5.95. The molecule has 0 aliphatic rings. The van der Waals surface area contributed by atoms with E-state index in [0.29, 0.717) is 11.7 Å². The Kier molecular flexibility index (Phi) is 6.21. The molecule has 0 bridgehead atoms. The molecule has 0 aromatic carbocycles. The topological polar surface area (TPSA) is 70.4 Å². The summed E-state index contributed by atoms with van der Waals surface area (Å²) in [6, 6.07) is 2.15. The van der Waals surface area contributed by atoms with Gasteiger partial charge in [0.05, 0.1) is 26.0 Å². The second-order valence-electron chi connectivity index (χ2n) is 4.56. The normalized spacial score (nSPS) is 10.9. The molecule has 0 spiro atoms. The highest BCUT2D eigenvalue weighted by atomic mass is 16.5. The lowest BCUT2D eigenvalue weighted by Gasteiger charge is -2.13. The highest BCUT2D eigenvalue weighted by Gasteiger charge is 2.29. The molecule has 0 N–H and O–H groups in total. The van der Waals surface area contributed by atoms with Crippen molar-refractivity contribution in [1.29, 1.82) is 0 Å². The zero-order valence-corrected chi connectivity index (χ0v) is 12.5. The minimum Gasteiger partial charge on any atom is -0.468 e.